The zero-order chi connectivity index (χ0) is 16.2. The van der Waals surface area contributed by atoms with Gasteiger partial charge in [-0.25, -0.2) is 17.9 Å². The normalized spacial score (nSPS) is 12.7. The van der Waals surface area contributed by atoms with Crippen molar-refractivity contribution in [3.63, 3.8) is 0 Å². The first-order valence-corrected chi connectivity index (χ1v) is 8.01. The number of hydrogen-bond donors (Lipinski definition) is 2. The third-order valence-electron chi connectivity index (χ3n) is 3.00. The van der Waals surface area contributed by atoms with E-state index in [1.807, 2.05) is 6.07 Å². The molecule has 114 valence electrons. The van der Waals surface area contributed by atoms with Gasteiger partial charge in [0.1, 0.15) is 0 Å². The maximum absolute atomic E-state index is 12.4. The minimum absolute atomic E-state index is 0.0201. The Labute approximate surface area is 128 Å². The Bertz CT molecular complexity index is 695. The summed E-state index contributed by atoms with van der Waals surface area (Å²) in [6.45, 7) is 3.15. The molecule has 0 spiro atoms. The molecule has 1 aromatic carbocycles. The number of rotatable bonds is 6. The first-order valence-electron chi connectivity index (χ1n) is 6.15. The predicted octanol–water partition coefficient (Wildman–Crippen LogP) is 2.32. The first kappa shape index (κ1) is 17.4. The molecule has 6 nitrogen and oxygen atoms in total. The molecule has 2 N–H and O–H groups in total. The number of hydrogen-bond acceptors (Lipinski definition) is 4. The van der Waals surface area contributed by atoms with Gasteiger partial charge in [-0.05, 0) is 31.0 Å². The van der Waals surface area contributed by atoms with Crippen LogP contribution in [0.25, 0.3) is 0 Å². The fourth-order valence-electron chi connectivity index (χ4n) is 1.82. The van der Waals surface area contributed by atoms with Gasteiger partial charge < -0.3 is 5.11 Å². The molecule has 0 bridgehead atoms. The Morgan fingerprint density at radius 1 is 1.52 bits per heavy atom. The van der Waals surface area contributed by atoms with E-state index in [0.29, 0.717) is 6.42 Å². The van der Waals surface area contributed by atoms with E-state index in [-0.39, 0.29) is 27.5 Å². The highest BCUT2D eigenvalue weighted by molar-refractivity contribution is 7.89. The summed E-state index contributed by atoms with van der Waals surface area (Å²) < 4.78 is 27.1. The summed E-state index contributed by atoms with van der Waals surface area (Å²) in [7, 11) is -3.95. The van der Waals surface area contributed by atoms with Crippen LogP contribution in [-0.2, 0) is 10.0 Å². The fourth-order valence-corrected chi connectivity index (χ4v) is 3.71. The molecule has 0 fully saturated rings. The molecule has 1 rings (SSSR count). The summed E-state index contributed by atoms with van der Waals surface area (Å²) in [6, 6.07) is 3.76. The number of carbonyl (C=O) groups is 1. The van der Waals surface area contributed by atoms with Gasteiger partial charge in [0.05, 0.1) is 22.9 Å². The molecule has 21 heavy (non-hydrogen) atoms. The number of carboxylic acid groups (broad SMARTS) is 1. The molecular weight excluding hydrogens is 316 g/mol. The summed E-state index contributed by atoms with van der Waals surface area (Å²) in [6.07, 6.45) is 0.472. The van der Waals surface area contributed by atoms with Gasteiger partial charge in [-0.1, -0.05) is 18.5 Å². The summed E-state index contributed by atoms with van der Waals surface area (Å²) in [5, 5.41) is 17.8. The summed E-state index contributed by atoms with van der Waals surface area (Å²) in [4.78, 5) is 10.9. The minimum atomic E-state index is -3.95. The summed E-state index contributed by atoms with van der Waals surface area (Å²) in [5.74, 6) is -1.25. The largest absolute Gasteiger partial charge is 0.478 e. The van der Waals surface area contributed by atoms with Crippen molar-refractivity contribution < 1.29 is 18.3 Å². The van der Waals surface area contributed by atoms with Crippen LogP contribution in [0, 0.1) is 18.3 Å². The van der Waals surface area contributed by atoms with Crippen LogP contribution in [0.4, 0.5) is 0 Å². The lowest BCUT2D eigenvalue weighted by atomic mass is 10.1. The van der Waals surface area contributed by atoms with Crippen LogP contribution in [0.15, 0.2) is 17.0 Å². The summed E-state index contributed by atoms with van der Waals surface area (Å²) >= 11 is 5.80. The van der Waals surface area contributed by atoms with Crippen LogP contribution < -0.4 is 4.72 Å². The molecule has 0 aliphatic carbocycles. The molecule has 0 aliphatic heterocycles. The number of nitrogens with zero attached hydrogens (tertiary/aromatic N) is 1. The van der Waals surface area contributed by atoms with Crippen LogP contribution in [0.2, 0.25) is 5.02 Å². The third-order valence-corrected chi connectivity index (χ3v) is 4.86. The van der Waals surface area contributed by atoms with Crippen molar-refractivity contribution in [3.05, 3.63) is 28.3 Å². The Balaban J connectivity index is 3.32. The second-order valence-electron chi connectivity index (χ2n) is 4.47. The van der Waals surface area contributed by atoms with Gasteiger partial charge in [0, 0.05) is 11.1 Å². The Kier molecular flexibility index (Phi) is 5.72. The monoisotopic (exact) mass is 330 g/mol. The number of halogens is 1. The van der Waals surface area contributed by atoms with Gasteiger partial charge >= 0.3 is 5.97 Å². The zero-order valence-electron chi connectivity index (χ0n) is 11.6. The van der Waals surface area contributed by atoms with Crippen LogP contribution in [0.3, 0.4) is 0 Å². The van der Waals surface area contributed by atoms with Gasteiger partial charge in [0.2, 0.25) is 10.0 Å². The van der Waals surface area contributed by atoms with Crippen molar-refractivity contribution in [2.24, 2.45) is 0 Å². The first-order chi connectivity index (χ1) is 9.72. The predicted molar refractivity (Wildman–Crippen MR) is 77.8 cm³/mol. The van der Waals surface area contributed by atoms with E-state index in [4.69, 9.17) is 22.0 Å². The highest BCUT2D eigenvalue weighted by atomic mass is 35.5. The highest BCUT2D eigenvalue weighted by Crippen LogP contribution is 2.25. The van der Waals surface area contributed by atoms with E-state index in [2.05, 4.69) is 4.72 Å². The van der Waals surface area contributed by atoms with E-state index in [9.17, 15) is 13.2 Å². The number of benzene rings is 1. The molecule has 0 radical (unpaired) electrons. The molecule has 1 aromatic rings. The highest BCUT2D eigenvalue weighted by Gasteiger charge is 2.24. The van der Waals surface area contributed by atoms with Crippen LogP contribution in [0.5, 0.6) is 0 Å². The lowest BCUT2D eigenvalue weighted by Crippen LogP contribution is -2.34. The number of nitriles is 1. The van der Waals surface area contributed by atoms with Crippen LogP contribution in [-0.4, -0.2) is 25.5 Å². The van der Waals surface area contributed by atoms with Crippen molar-refractivity contribution in [2.75, 3.05) is 0 Å². The number of nitrogens with one attached hydrogen (secondary N) is 1. The molecule has 0 amide bonds. The number of aromatic carboxylic acids is 1. The molecule has 0 aliphatic rings. The molecule has 0 saturated heterocycles. The van der Waals surface area contributed by atoms with Crippen LogP contribution in [0.1, 0.15) is 35.7 Å². The molecule has 1 atom stereocenters. The Hall–Kier alpha value is -1.62. The minimum Gasteiger partial charge on any atom is -0.478 e. The van der Waals surface area contributed by atoms with Gasteiger partial charge in [-0.3, -0.25) is 0 Å². The van der Waals surface area contributed by atoms with Crippen LogP contribution >= 0.6 is 11.6 Å². The quantitative estimate of drug-likeness (QED) is 0.832. The van der Waals surface area contributed by atoms with Gasteiger partial charge in [-0.2, -0.15) is 5.26 Å². The molecule has 1 unspecified atom stereocenters. The van der Waals surface area contributed by atoms with E-state index in [1.165, 1.54) is 19.1 Å². The van der Waals surface area contributed by atoms with E-state index in [1.54, 1.807) is 6.92 Å². The maximum Gasteiger partial charge on any atom is 0.336 e. The Morgan fingerprint density at radius 2 is 2.14 bits per heavy atom. The zero-order valence-corrected chi connectivity index (χ0v) is 13.1. The number of sulfonamides is 1. The van der Waals surface area contributed by atoms with Crippen molar-refractivity contribution >= 4 is 27.6 Å². The second kappa shape index (κ2) is 6.89. The molecule has 0 heterocycles. The van der Waals surface area contributed by atoms with E-state index < -0.39 is 22.0 Å². The van der Waals surface area contributed by atoms with Gasteiger partial charge in [0.15, 0.2) is 0 Å². The Morgan fingerprint density at radius 3 is 2.62 bits per heavy atom. The summed E-state index contributed by atoms with van der Waals surface area (Å²) in [5.41, 5.74) is -0.0672. The lowest BCUT2D eigenvalue weighted by Gasteiger charge is -2.16. The lowest BCUT2D eigenvalue weighted by molar-refractivity contribution is 0.0696. The molecule has 0 saturated carbocycles. The average Bonchev–Trinajstić information content (AvgIpc) is 2.39. The van der Waals surface area contributed by atoms with Crippen molar-refractivity contribution in [2.45, 2.75) is 37.6 Å². The topological polar surface area (TPSA) is 107 Å². The molecule has 0 aromatic heterocycles. The SMILES string of the molecule is CCC(CC#N)NS(=O)(=O)c1cc(Cl)cc(C(=O)O)c1C. The van der Waals surface area contributed by atoms with Gasteiger partial charge in [0.25, 0.3) is 0 Å². The van der Waals surface area contributed by atoms with Crippen molar-refractivity contribution in [3.8, 4) is 6.07 Å². The number of carboxylic acids is 1. The average molecular weight is 331 g/mol. The van der Waals surface area contributed by atoms with Crippen molar-refractivity contribution in [1.82, 2.24) is 4.72 Å². The van der Waals surface area contributed by atoms with E-state index >= 15 is 0 Å². The van der Waals surface area contributed by atoms with Gasteiger partial charge in [-0.15, -0.1) is 0 Å². The molecule has 8 heteroatoms. The maximum atomic E-state index is 12.4. The molecular formula is C13H15ClN2O4S. The standard InChI is InChI=1S/C13H15ClN2O4S/c1-3-10(4-5-15)16-21(19,20)12-7-9(14)6-11(8(12)2)13(17)18/h6-7,10,16H,3-4H2,1-2H3,(H,17,18). The fraction of sp³-hybridized carbons (Fsp3) is 0.385. The second-order valence-corrected chi connectivity index (χ2v) is 6.59. The third kappa shape index (κ3) is 4.17. The van der Waals surface area contributed by atoms with E-state index in [0.717, 1.165) is 0 Å². The van der Waals surface area contributed by atoms with Crippen molar-refractivity contribution in [1.29, 1.82) is 5.26 Å². The smallest absolute Gasteiger partial charge is 0.336 e.